The van der Waals surface area contributed by atoms with E-state index in [0.717, 1.165) is 0 Å². The average Bonchev–Trinajstić information content (AvgIpc) is 3.26. The topological polar surface area (TPSA) is 0 Å². The fraction of sp³-hybridized carbons (Fsp3) is 0.0769. The predicted molar refractivity (Wildman–Crippen MR) is 181 cm³/mol. The van der Waals surface area contributed by atoms with E-state index in [9.17, 15) is 0 Å². The summed E-state index contributed by atoms with van der Waals surface area (Å²) >= 11 is 3.76. The second kappa shape index (κ2) is 9.14. The van der Waals surface area contributed by atoms with Crippen molar-refractivity contribution in [2.24, 2.45) is 0 Å². The number of benzene rings is 7. The zero-order chi connectivity index (χ0) is 27.8. The zero-order valence-corrected chi connectivity index (χ0v) is 25.7. The molecule has 7 aromatic carbocycles. The monoisotopic (exact) mass is 608 g/mol. The Bertz CT molecular complexity index is 2150. The third-order valence-corrected chi connectivity index (χ3v) is 16.2. The summed E-state index contributed by atoms with van der Waals surface area (Å²) in [4.78, 5) is 0. The maximum absolute atomic E-state index is 3.76. The standard InChI is InChI=1S/C39H29PSe/c1-39(2)37-23-28(40(41,26-13-5-3-6-14-26)27-15-7-4-8-16-27)21-22-33(37)36-24-34-31-19-11-9-17-29(31)30-18-10-12-20-32(30)35(34)25-38(36)39/h3-25H,1-2H3. The number of rotatable bonds is 3. The first kappa shape index (κ1) is 25.0. The number of hydrogen-bond donors (Lipinski definition) is 0. The predicted octanol–water partition coefficient (Wildman–Crippen LogP) is 8.83. The van der Waals surface area contributed by atoms with Crippen molar-refractivity contribution >= 4 is 68.8 Å². The fourth-order valence-corrected chi connectivity index (χ4v) is 12.0. The van der Waals surface area contributed by atoms with E-state index in [0.29, 0.717) is 0 Å². The minimum absolute atomic E-state index is 0.111. The van der Waals surface area contributed by atoms with Gasteiger partial charge in [-0.2, -0.15) is 0 Å². The van der Waals surface area contributed by atoms with Crippen LogP contribution >= 0.6 is 5.51 Å². The normalized spacial score (nSPS) is 13.9. The van der Waals surface area contributed by atoms with Gasteiger partial charge >= 0.3 is 250 Å². The van der Waals surface area contributed by atoms with Crippen molar-refractivity contribution < 1.29 is 0 Å². The van der Waals surface area contributed by atoms with Crippen molar-refractivity contribution in [1.29, 1.82) is 0 Å². The summed E-state index contributed by atoms with van der Waals surface area (Å²) in [5.74, 6) is 0. The van der Waals surface area contributed by atoms with E-state index in [1.807, 2.05) is 0 Å². The molecule has 0 spiro atoms. The van der Waals surface area contributed by atoms with Gasteiger partial charge in [0.15, 0.2) is 0 Å². The average molecular weight is 608 g/mol. The van der Waals surface area contributed by atoms with Gasteiger partial charge < -0.3 is 0 Å². The third-order valence-electron chi connectivity index (χ3n) is 9.13. The molecule has 0 bridgehead atoms. The number of fused-ring (bicyclic) bond motifs is 9. The first-order chi connectivity index (χ1) is 20.0. The van der Waals surface area contributed by atoms with Gasteiger partial charge in [0, 0.05) is 0 Å². The van der Waals surface area contributed by atoms with Crippen LogP contribution in [0.4, 0.5) is 0 Å². The maximum atomic E-state index is 3.76. The molecule has 0 N–H and O–H groups in total. The summed E-state index contributed by atoms with van der Waals surface area (Å²) < 4.78 is 0. The van der Waals surface area contributed by atoms with Gasteiger partial charge in [0.2, 0.25) is 0 Å². The van der Waals surface area contributed by atoms with Crippen LogP contribution in [0.25, 0.3) is 43.4 Å². The molecule has 196 valence electrons. The van der Waals surface area contributed by atoms with Gasteiger partial charge in [-0.05, 0) is 0 Å². The van der Waals surface area contributed by atoms with E-state index in [4.69, 9.17) is 0 Å². The van der Waals surface area contributed by atoms with Gasteiger partial charge in [0.1, 0.15) is 0 Å². The molecular formula is C39H29PSe. The molecule has 1 aliphatic rings. The van der Waals surface area contributed by atoms with E-state index in [-0.39, 0.29) is 5.41 Å². The molecule has 1 aliphatic carbocycles. The van der Waals surface area contributed by atoms with Crippen LogP contribution in [0.15, 0.2) is 140 Å². The molecule has 7 aromatic rings. The zero-order valence-electron chi connectivity index (χ0n) is 23.1. The van der Waals surface area contributed by atoms with E-state index < -0.39 is 5.51 Å². The molecule has 0 atom stereocenters. The van der Waals surface area contributed by atoms with Gasteiger partial charge in [0.25, 0.3) is 0 Å². The molecule has 0 unspecified atom stereocenters. The van der Waals surface area contributed by atoms with Crippen molar-refractivity contribution in [1.82, 2.24) is 0 Å². The van der Waals surface area contributed by atoms with Gasteiger partial charge in [-0.1, -0.05) is 0 Å². The van der Waals surface area contributed by atoms with E-state index in [2.05, 4.69) is 168 Å². The molecule has 0 heterocycles. The molecule has 0 aliphatic heterocycles. The quantitative estimate of drug-likeness (QED) is 0.107. The molecule has 41 heavy (non-hydrogen) atoms. The molecule has 0 amide bonds. The summed E-state index contributed by atoms with van der Waals surface area (Å²) in [5.41, 5.74) is 3.51. The molecule has 0 radical (unpaired) electrons. The number of hydrogen-bond acceptors (Lipinski definition) is 0. The van der Waals surface area contributed by atoms with Crippen LogP contribution in [-0.4, -0.2) is 15.1 Å². The molecule has 0 saturated carbocycles. The Labute approximate surface area is 248 Å². The van der Waals surface area contributed by atoms with Crippen molar-refractivity contribution in [3.05, 3.63) is 151 Å². The second-order valence-electron chi connectivity index (χ2n) is 11.7. The molecule has 8 rings (SSSR count). The van der Waals surface area contributed by atoms with Crippen LogP contribution in [-0.2, 0) is 5.41 Å². The van der Waals surface area contributed by atoms with E-state index in [1.54, 1.807) is 0 Å². The summed E-state index contributed by atoms with van der Waals surface area (Å²) in [6.45, 7) is 4.81. The van der Waals surface area contributed by atoms with Crippen LogP contribution in [0, 0.1) is 0 Å². The van der Waals surface area contributed by atoms with Gasteiger partial charge in [-0.3, -0.25) is 0 Å². The van der Waals surface area contributed by atoms with Crippen molar-refractivity contribution in [2.75, 3.05) is 0 Å². The van der Waals surface area contributed by atoms with Crippen molar-refractivity contribution in [2.45, 2.75) is 19.3 Å². The fourth-order valence-electron chi connectivity index (χ4n) is 7.04. The Hall–Kier alpha value is -3.73. The van der Waals surface area contributed by atoms with Crippen LogP contribution < -0.4 is 15.9 Å². The SMILES string of the molecule is CC1(C)c2cc(P(=[Se])(c3ccccc3)c3ccccc3)ccc2-c2cc3c4ccccc4c4ccccc4c3cc21. The van der Waals surface area contributed by atoms with E-state index >= 15 is 0 Å². The third kappa shape index (κ3) is 3.57. The molecule has 0 aromatic heterocycles. The van der Waals surface area contributed by atoms with Crippen LogP contribution in [0.5, 0.6) is 0 Å². The summed E-state index contributed by atoms with van der Waals surface area (Å²) in [6.07, 6.45) is 0. The van der Waals surface area contributed by atoms with Crippen LogP contribution in [0.3, 0.4) is 0 Å². The first-order valence-electron chi connectivity index (χ1n) is 14.2. The molecular weight excluding hydrogens is 578 g/mol. The summed E-state index contributed by atoms with van der Waals surface area (Å²) in [5, 5.41) is 12.1. The molecule has 0 saturated heterocycles. The van der Waals surface area contributed by atoms with Crippen molar-refractivity contribution in [3.8, 4) is 11.1 Å². The van der Waals surface area contributed by atoms with E-state index in [1.165, 1.54) is 70.5 Å². The van der Waals surface area contributed by atoms with Crippen LogP contribution in [0.1, 0.15) is 25.0 Å². The molecule has 2 heteroatoms. The first-order valence-corrected chi connectivity index (χ1v) is 18.2. The molecule has 0 nitrogen and oxygen atoms in total. The summed E-state index contributed by atoms with van der Waals surface area (Å²) in [7, 11) is 0. The summed E-state index contributed by atoms with van der Waals surface area (Å²) in [6, 6.07) is 52.0. The van der Waals surface area contributed by atoms with Crippen molar-refractivity contribution in [3.63, 3.8) is 0 Å². The Kier molecular flexibility index (Phi) is 5.58. The Morgan fingerprint density at radius 3 is 1.39 bits per heavy atom. The van der Waals surface area contributed by atoms with Gasteiger partial charge in [-0.15, -0.1) is 0 Å². The Morgan fingerprint density at radius 2 is 0.854 bits per heavy atom. The van der Waals surface area contributed by atoms with Gasteiger partial charge in [0.05, 0.1) is 0 Å². The van der Waals surface area contributed by atoms with Gasteiger partial charge in [-0.25, -0.2) is 0 Å². The Balaban J connectivity index is 1.40. The molecule has 0 fully saturated rings. The Morgan fingerprint density at radius 1 is 0.415 bits per heavy atom. The second-order valence-corrected chi connectivity index (χ2v) is 17.9. The van der Waals surface area contributed by atoms with Crippen LogP contribution in [0.2, 0.25) is 0 Å². The minimum atomic E-state index is -1.94.